The predicted octanol–water partition coefficient (Wildman–Crippen LogP) is 4.84. The van der Waals surface area contributed by atoms with Crippen molar-refractivity contribution < 1.29 is 14.4 Å². The molecule has 1 heterocycles. The summed E-state index contributed by atoms with van der Waals surface area (Å²) in [6, 6.07) is 20.5. The van der Waals surface area contributed by atoms with Crippen LogP contribution in [0.15, 0.2) is 60.7 Å². The van der Waals surface area contributed by atoms with Crippen molar-refractivity contribution in [1.82, 2.24) is 10.6 Å². The van der Waals surface area contributed by atoms with Gasteiger partial charge in [-0.15, -0.1) is 0 Å². The third-order valence-corrected chi connectivity index (χ3v) is 6.94. The van der Waals surface area contributed by atoms with Crippen LogP contribution >= 0.6 is 0 Å². The number of ketones is 1. The molecule has 0 radical (unpaired) electrons. The smallest absolute Gasteiger partial charge is 0.322 e. The molecule has 0 unspecified atom stereocenters. The molecule has 1 saturated heterocycles. The van der Waals surface area contributed by atoms with Crippen LogP contribution in [0.1, 0.15) is 74.3 Å². The first-order valence-electron chi connectivity index (χ1n) is 11.3. The molecule has 5 nitrogen and oxygen atoms in total. The van der Waals surface area contributed by atoms with Gasteiger partial charge < -0.3 is 5.32 Å². The van der Waals surface area contributed by atoms with E-state index in [1.54, 1.807) is 0 Å². The van der Waals surface area contributed by atoms with Gasteiger partial charge in [-0.05, 0) is 61.5 Å². The number of hydrogen-bond donors (Lipinski definition) is 2. The Morgan fingerprint density at radius 2 is 1.16 bits per heavy atom. The Hall–Kier alpha value is -2.95. The second-order valence-corrected chi connectivity index (χ2v) is 8.90. The summed E-state index contributed by atoms with van der Waals surface area (Å²) in [6.45, 7) is 0. The maximum atomic E-state index is 11.8. The van der Waals surface area contributed by atoms with E-state index in [2.05, 4.69) is 47.0 Å². The summed E-state index contributed by atoms with van der Waals surface area (Å²) in [5, 5.41) is 5.13. The molecule has 5 heteroatoms. The van der Waals surface area contributed by atoms with Gasteiger partial charge in [0.1, 0.15) is 11.3 Å². The molecule has 3 amide bonds. The maximum Gasteiger partial charge on any atom is 0.322 e. The van der Waals surface area contributed by atoms with Crippen molar-refractivity contribution >= 4 is 17.7 Å². The van der Waals surface area contributed by atoms with Gasteiger partial charge >= 0.3 is 6.03 Å². The highest BCUT2D eigenvalue weighted by atomic mass is 16.2. The van der Waals surface area contributed by atoms with Gasteiger partial charge in [0, 0.05) is 12.8 Å². The first-order chi connectivity index (χ1) is 15.1. The molecule has 1 spiro atoms. The van der Waals surface area contributed by atoms with Crippen molar-refractivity contribution in [2.24, 2.45) is 0 Å². The minimum atomic E-state index is -0.637. The molecule has 31 heavy (non-hydrogen) atoms. The lowest BCUT2D eigenvalue weighted by Gasteiger charge is -2.34. The number of nitrogens with one attached hydrogen (secondary N) is 2. The van der Waals surface area contributed by atoms with E-state index in [1.807, 2.05) is 24.3 Å². The largest absolute Gasteiger partial charge is 0.323 e. The Bertz CT molecular complexity index is 908. The van der Waals surface area contributed by atoms with Crippen LogP contribution in [0.5, 0.6) is 0 Å². The van der Waals surface area contributed by atoms with Crippen molar-refractivity contribution in [3.63, 3.8) is 0 Å². The Labute approximate surface area is 183 Å². The van der Waals surface area contributed by atoms with E-state index in [1.165, 1.54) is 11.1 Å². The molecule has 162 valence electrons. The van der Waals surface area contributed by atoms with Crippen LogP contribution in [0.3, 0.4) is 0 Å². The van der Waals surface area contributed by atoms with E-state index in [0.29, 0.717) is 17.6 Å². The molecular formula is C26H30N2O3. The van der Waals surface area contributed by atoms with E-state index < -0.39 is 5.54 Å². The molecule has 1 aliphatic heterocycles. The molecule has 3 fully saturated rings. The van der Waals surface area contributed by atoms with Gasteiger partial charge in [-0.2, -0.15) is 0 Å². The van der Waals surface area contributed by atoms with Crippen molar-refractivity contribution in [3.05, 3.63) is 71.8 Å². The van der Waals surface area contributed by atoms with Crippen molar-refractivity contribution in [3.8, 4) is 0 Å². The summed E-state index contributed by atoms with van der Waals surface area (Å²) >= 11 is 0. The van der Waals surface area contributed by atoms with E-state index in [4.69, 9.17) is 0 Å². The van der Waals surface area contributed by atoms with Crippen molar-refractivity contribution in [2.75, 3.05) is 0 Å². The Balaban J connectivity index is 0.000000158. The lowest BCUT2D eigenvalue weighted by Crippen LogP contribution is -2.49. The lowest BCUT2D eigenvalue weighted by atomic mass is 9.74. The quantitative estimate of drug-likeness (QED) is 0.686. The van der Waals surface area contributed by atoms with Crippen molar-refractivity contribution in [2.45, 2.75) is 68.7 Å². The van der Waals surface area contributed by atoms with Gasteiger partial charge in [0.05, 0.1) is 0 Å². The minimum absolute atomic E-state index is 0.154. The standard InChI is InChI=1S/C14H16N2O2.C12H14O/c17-12-14(16-13(18)15-12)8-6-11(7-9-14)10-4-2-1-3-5-10;13-12-8-6-11(7-9-12)10-4-2-1-3-5-10/h1-5,11H,6-9H2,(H2,15,16,17,18);1-5,11H,6-9H2. The average Bonchev–Trinajstić information content (AvgIpc) is 3.08. The summed E-state index contributed by atoms with van der Waals surface area (Å²) in [7, 11) is 0. The number of hydrogen-bond acceptors (Lipinski definition) is 3. The van der Waals surface area contributed by atoms with Gasteiger partial charge in [0.2, 0.25) is 0 Å². The van der Waals surface area contributed by atoms with Crippen LogP contribution in [-0.2, 0) is 9.59 Å². The Morgan fingerprint density at radius 1 is 0.677 bits per heavy atom. The second-order valence-electron chi connectivity index (χ2n) is 8.90. The third-order valence-electron chi connectivity index (χ3n) is 6.94. The van der Waals surface area contributed by atoms with Crippen LogP contribution in [0.25, 0.3) is 0 Å². The van der Waals surface area contributed by atoms with E-state index in [-0.39, 0.29) is 11.9 Å². The number of carbonyl (C=O) groups excluding carboxylic acids is 3. The molecule has 2 N–H and O–H groups in total. The number of urea groups is 1. The number of imide groups is 1. The molecule has 2 aromatic rings. The zero-order chi connectivity index (χ0) is 21.7. The fourth-order valence-electron chi connectivity index (χ4n) is 5.05. The first kappa shape index (κ1) is 21.3. The summed E-state index contributed by atoms with van der Waals surface area (Å²) in [5.74, 6) is 1.41. The van der Waals surface area contributed by atoms with Crippen LogP contribution in [0.4, 0.5) is 4.79 Å². The fraction of sp³-hybridized carbons (Fsp3) is 0.423. The van der Waals surface area contributed by atoms with Gasteiger partial charge in [-0.1, -0.05) is 60.7 Å². The van der Waals surface area contributed by atoms with Gasteiger partial charge in [0.25, 0.3) is 5.91 Å². The van der Waals surface area contributed by atoms with Gasteiger partial charge in [-0.3, -0.25) is 14.9 Å². The molecule has 2 aromatic carbocycles. The zero-order valence-electron chi connectivity index (χ0n) is 17.8. The highest BCUT2D eigenvalue weighted by molar-refractivity contribution is 6.07. The number of amides is 3. The number of benzene rings is 2. The zero-order valence-corrected chi connectivity index (χ0v) is 17.8. The summed E-state index contributed by atoms with van der Waals surface area (Å²) < 4.78 is 0. The summed E-state index contributed by atoms with van der Waals surface area (Å²) in [5.41, 5.74) is 2.09. The highest BCUT2D eigenvalue weighted by Crippen LogP contribution is 2.39. The van der Waals surface area contributed by atoms with Crippen LogP contribution in [-0.4, -0.2) is 23.3 Å². The van der Waals surface area contributed by atoms with Crippen LogP contribution in [0, 0.1) is 0 Å². The average molecular weight is 419 g/mol. The first-order valence-corrected chi connectivity index (χ1v) is 11.3. The SMILES string of the molecule is O=C1CCC(c2ccccc2)CC1.O=C1NC(=O)C2(CCC(c3ccccc3)CC2)N1. The van der Waals surface area contributed by atoms with Crippen LogP contribution < -0.4 is 10.6 Å². The predicted molar refractivity (Wildman–Crippen MR) is 120 cm³/mol. The lowest BCUT2D eigenvalue weighted by molar-refractivity contribution is -0.125. The second kappa shape index (κ2) is 9.46. The molecule has 0 aromatic heterocycles. The topological polar surface area (TPSA) is 75.3 Å². The van der Waals surface area contributed by atoms with E-state index in [0.717, 1.165) is 51.4 Å². The maximum absolute atomic E-state index is 11.8. The molecule has 0 atom stereocenters. The van der Waals surface area contributed by atoms with Crippen molar-refractivity contribution in [1.29, 1.82) is 0 Å². The molecule has 0 bridgehead atoms. The molecule has 3 aliphatic rings. The van der Waals surface area contributed by atoms with Crippen LogP contribution in [0.2, 0.25) is 0 Å². The molecular weight excluding hydrogens is 388 g/mol. The fourth-order valence-corrected chi connectivity index (χ4v) is 5.05. The monoisotopic (exact) mass is 418 g/mol. The summed E-state index contributed by atoms with van der Waals surface area (Å²) in [4.78, 5) is 34.1. The molecule has 2 saturated carbocycles. The number of rotatable bonds is 2. The highest BCUT2D eigenvalue weighted by Gasteiger charge is 2.48. The van der Waals surface area contributed by atoms with Gasteiger partial charge in [0.15, 0.2) is 0 Å². The minimum Gasteiger partial charge on any atom is -0.323 e. The molecule has 5 rings (SSSR count). The number of Topliss-reactive ketones (excluding diaryl/α,β-unsaturated/α-hetero) is 1. The van der Waals surface area contributed by atoms with Gasteiger partial charge in [-0.25, -0.2) is 4.79 Å². The number of carbonyl (C=O) groups is 3. The van der Waals surface area contributed by atoms with E-state index >= 15 is 0 Å². The normalized spacial score (nSPS) is 26.1. The Morgan fingerprint density at radius 3 is 1.61 bits per heavy atom. The Kier molecular flexibility index (Phi) is 6.50. The molecule has 2 aliphatic carbocycles. The summed E-state index contributed by atoms with van der Waals surface area (Å²) in [6.07, 6.45) is 6.98. The third kappa shape index (κ3) is 5.04. The van der Waals surface area contributed by atoms with E-state index in [9.17, 15) is 14.4 Å².